The second kappa shape index (κ2) is 12.5. The fourth-order valence-corrected chi connectivity index (χ4v) is 4.02. The van der Waals surface area contributed by atoms with Gasteiger partial charge in [-0.2, -0.15) is 5.10 Å². The molecule has 0 heterocycles. The highest BCUT2D eigenvalue weighted by Gasteiger charge is 2.15. The number of carbonyl (C=O) groups excluding carboxylic acids is 1. The monoisotopic (exact) mass is 512 g/mol. The molecule has 0 saturated heterocycles. The Morgan fingerprint density at radius 1 is 1.00 bits per heavy atom. The van der Waals surface area contributed by atoms with Crippen LogP contribution in [-0.4, -0.2) is 25.8 Å². The third-order valence-corrected chi connectivity index (χ3v) is 5.81. The first-order valence-electron chi connectivity index (χ1n) is 12.2. The van der Waals surface area contributed by atoms with Crippen LogP contribution in [0.1, 0.15) is 34.0 Å². The van der Waals surface area contributed by atoms with E-state index in [1.54, 1.807) is 36.6 Å². The Morgan fingerprint density at radius 3 is 2.42 bits per heavy atom. The van der Waals surface area contributed by atoms with Crippen molar-refractivity contribution in [2.24, 2.45) is 5.10 Å². The summed E-state index contributed by atoms with van der Waals surface area (Å²) in [5.41, 5.74) is 5.35. The maximum Gasteiger partial charge on any atom is 0.275 e. The third-order valence-electron chi connectivity index (χ3n) is 5.81. The van der Waals surface area contributed by atoms with Gasteiger partial charge in [-0.25, -0.2) is 9.82 Å². The summed E-state index contributed by atoms with van der Waals surface area (Å²) in [6, 6.07) is 21.2. The number of ether oxygens (including phenoxy) is 3. The Bertz CT molecular complexity index is 1470. The van der Waals surface area contributed by atoms with E-state index >= 15 is 0 Å². The van der Waals surface area contributed by atoms with Gasteiger partial charge in [0.1, 0.15) is 18.2 Å². The molecule has 7 heteroatoms. The molecule has 0 bridgehead atoms. The lowest BCUT2D eigenvalue weighted by Crippen LogP contribution is -2.18. The van der Waals surface area contributed by atoms with Crippen LogP contribution in [0.5, 0.6) is 17.2 Å². The quantitative estimate of drug-likeness (QED) is 0.142. The number of hydrogen-bond donors (Lipinski definition) is 1. The number of allylic oxidation sites excluding steroid dienone is 1. The molecule has 0 unspecified atom stereocenters. The van der Waals surface area contributed by atoms with E-state index in [1.165, 1.54) is 19.2 Å². The lowest BCUT2D eigenvalue weighted by molar-refractivity contribution is 0.0952. The minimum Gasteiger partial charge on any atom is -0.496 e. The first-order chi connectivity index (χ1) is 18.5. The number of hydrogen-bond acceptors (Lipinski definition) is 5. The predicted octanol–water partition coefficient (Wildman–Crippen LogP) is 6.46. The number of hydrazone groups is 1. The van der Waals surface area contributed by atoms with Gasteiger partial charge in [0, 0.05) is 5.56 Å². The van der Waals surface area contributed by atoms with Gasteiger partial charge in [0.2, 0.25) is 0 Å². The fourth-order valence-electron chi connectivity index (χ4n) is 4.02. The van der Waals surface area contributed by atoms with E-state index in [0.29, 0.717) is 41.4 Å². The van der Waals surface area contributed by atoms with Gasteiger partial charge in [-0.05, 0) is 71.6 Å². The molecule has 6 nitrogen and oxygen atoms in total. The molecule has 1 amide bonds. The summed E-state index contributed by atoms with van der Waals surface area (Å²) < 4.78 is 30.6. The van der Waals surface area contributed by atoms with Gasteiger partial charge in [0.15, 0.2) is 11.5 Å². The molecule has 0 aliphatic carbocycles. The molecular weight excluding hydrogens is 483 g/mol. The minimum absolute atomic E-state index is 0.252. The van der Waals surface area contributed by atoms with Crippen molar-refractivity contribution in [1.29, 1.82) is 0 Å². The molecule has 0 atom stereocenters. The summed E-state index contributed by atoms with van der Waals surface area (Å²) in [5, 5.41) is 6.07. The van der Waals surface area contributed by atoms with Crippen LogP contribution in [0.4, 0.5) is 4.39 Å². The van der Waals surface area contributed by atoms with Gasteiger partial charge < -0.3 is 14.2 Å². The number of methoxy groups -OCH3 is 1. The van der Waals surface area contributed by atoms with Crippen molar-refractivity contribution in [2.75, 3.05) is 13.7 Å². The molecule has 4 aromatic carbocycles. The van der Waals surface area contributed by atoms with E-state index in [4.69, 9.17) is 14.2 Å². The van der Waals surface area contributed by atoms with Crippen molar-refractivity contribution >= 4 is 22.9 Å². The van der Waals surface area contributed by atoms with Gasteiger partial charge >= 0.3 is 0 Å². The highest BCUT2D eigenvalue weighted by Crippen LogP contribution is 2.34. The number of rotatable bonds is 11. The summed E-state index contributed by atoms with van der Waals surface area (Å²) in [4.78, 5) is 12.9. The predicted molar refractivity (Wildman–Crippen MR) is 148 cm³/mol. The van der Waals surface area contributed by atoms with E-state index in [-0.39, 0.29) is 18.3 Å². The number of nitrogens with zero attached hydrogens (tertiary/aromatic N) is 1. The highest BCUT2D eigenvalue weighted by molar-refractivity contribution is 6.02. The average Bonchev–Trinajstić information content (AvgIpc) is 2.93. The van der Waals surface area contributed by atoms with E-state index in [2.05, 4.69) is 17.1 Å². The summed E-state index contributed by atoms with van der Waals surface area (Å²) in [6.07, 6.45) is 3.84. The largest absolute Gasteiger partial charge is 0.496 e. The van der Waals surface area contributed by atoms with Crippen LogP contribution in [0, 0.1) is 5.82 Å². The average molecular weight is 513 g/mol. The standard InChI is InChI=1S/C31H29FN2O4/c1-4-8-25-15-22(16-29(37-5-2)30(25)38-20-21-11-13-26(32)14-12-21)19-33-34-31(35)27-17-23-9-6-7-10-24(23)18-28(27)36-3/h4,6-7,9-19H,1,5,8,20H2,2-3H3,(H,34,35)/b33-19-. The molecule has 0 aliphatic rings. The zero-order chi connectivity index (χ0) is 26.9. The van der Waals surface area contributed by atoms with Crippen LogP contribution in [0.25, 0.3) is 10.8 Å². The Hall–Kier alpha value is -4.65. The molecular formula is C31H29FN2O4. The second-order valence-corrected chi connectivity index (χ2v) is 8.45. The lowest BCUT2D eigenvalue weighted by Gasteiger charge is -2.17. The van der Waals surface area contributed by atoms with Crippen LogP contribution in [0.3, 0.4) is 0 Å². The number of nitrogens with one attached hydrogen (secondary N) is 1. The van der Waals surface area contributed by atoms with Crippen LogP contribution >= 0.6 is 0 Å². The van der Waals surface area contributed by atoms with Gasteiger partial charge in [0.05, 0.1) is 25.5 Å². The number of carbonyl (C=O) groups is 1. The Kier molecular flexibility index (Phi) is 8.72. The normalized spacial score (nSPS) is 10.9. The molecule has 0 spiro atoms. The Labute approximate surface area is 221 Å². The van der Waals surface area contributed by atoms with Crippen LogP contribution in [-0.2, 0) is 13.0 Å². The third kappa shape index (κ3) is 6.37. The molecule has 0 saturated carbocycles. The van der Waals surface area contributed by atoms with Crippen molar-refractivity contribution in [3.8, 4) is 17.2 Å². The summed E-state index contributed by atoms with van der Waals surface area (Å²) >= 11 is 0. The molecule has 0 fully saturated rings. The van der Waals surface area contributed by atoms with Gasteiger partial charge in [0.25, 0.3) is 5.91 Å². The first-order valence-corrected chi connectivity index (χ1v) is 12.2. The van der Waals surface area contributed by atoms with Crippen LogP contribution < -0.4 is 19.6 Å². The summed E-state index contributed by atoms with van der Waals surface area (Å²) in [5.74, 6) is 0.896. The number of amides is 1. The SMILES string of the molecule is C=CCc1cc(/C=N\NC(=O)c2cc3ccccc3cc2OC)cc(OCC)c1OCc1ccc(F)cc1. The smallest absolute Gasteiger partial charge is 0.275 e. The maximum atomic E-state index is 13.3. The number of fused-ring (bicyclic) bond motifs is 1. The molecule has 0 aromatic heterocycles. The number of halogens is 1. The molecule has 0 radical (unpaired) electrons. The Morgan fingerprint density at radius 2 is 1.74 bits per heavy atom. The van der Waals surface area contributed by atoms with Crippen molar-refractivity contribution < 1.29 is 23.4 Å². The summed E-state index contributed by atoms with van der Waals surface area (Å²) in [7, 11) is 1.53. The van der Waals surface area contributed by atoms with E-state index in [0.717, 1.165) is 21.9 Å². The topological polar surface area (TPSA) is 69.2 Å². The summed E-state index contributed by atoms with van der Waals surface area (Å²) in [6.45, 7) is 6.41. The molecule has 194 valence electrons. The fraction of sp³-hybridized carbons (Fsp3) is 0.161. The van der Waals surface area contributed by atoms with Crippen molar-refractivity contribution in [2.45, 2.75) is 20.0 Å². The van der Waals surface area contributed by atoms with E-state index in [9.17, 15) is 9.18 Å². The zero-order valence-corrected chi connectivity index (χ0v) is 21.4. The lowest BCUT2D eigenvalue weighted by atomic mass is 10.1. The van der Waals surface area contributed by atoms with E-state index in [1.807, 2.05) is 43.3 Å². The maximum absolute atomic E-state index is 13.3. The second-order valence-electron chi connectivity index (χ2n) is 8.45. The van der Waals surface area contributed by atoms with Crippen LogP contribution in [0.15, 0.2) is 90.6 Å². The van der Waals surface area contributed by atoms with Gasteiger partial charge in [-0.15, -0.1) is 6.58 Å². The first kappa shape index (κ1) is 26.4. The highest BCUT2D eigenvalue weighted by atomic mass is 19.1. The minimum atomic E-state index is -0.389. The van der Waals surface area contributed by atoms with Crippen molar-refractivity contribution in [3.63, 3.8) is 0 Å². The molecule has 4 rings (SSSR count). The molecule has 38 heavy (non-hydrogen) atoms. The Balaban J connectivity index is 1.55. The van der Waals surface area contributed by atoms with E-state index < -0.39 is 0 Å². The van der Waals surface area contributed by atoms with Crippen molar-refractivity contribution in [1.82, 2.24) is 5.43 Å². The molecule has 4 aromatic rings. The van der Waals surface area contributed by atoms with Crippen molar-refractivity contribution in [3.05, 3.63) is 114 Å². The number of benzene rings is 4. The zero-order valence-electron chi connectivity index (χ0n) is 21.4. The van der Waals surface area contributed by atoms with Gasteiger partial charge in [-0.3, -0.25) is 4.79 Å². The van der Waals surface area contributed by atoms with Gasteiger partial charge in [-0.1, -0.05) is 42.5 Å². The molecule has 0 aliphatic heterocycles. The molecule has 1 N–H and O–H groups in total. The van der Waals surface area contributed by atoms with Crippen LogP contribution in [0.2, 0.25) is 0 Å².